The van der Waals surface area contributed by atoms with E-state index >= 15 is 0 Å². The highest BCUT2D eigenvalue weighted by molar-refractivity contribution is 5.85. The smallest absolute Gasteiger partial charge is 0.241 e. The van der Waals surface area contributed by atoms with Gasteiger partial charge in [0.1, 0.15) is 0 Å². The van der Waals surface area contributed by atoms with Crippen molar-refractivity contribution in [2.45, 2.75) is 238 Å². The zero-order valence-electron chi connectivity index (χ0n) is 31.4. The Labute approximate surface area is 294 Å². The second-order valence-corrected chi connectivity index (χ2v) is 14.6. The first-order valence-electron chi connectivity index (χ1n) is 21.0. The number of carbonyl (C=O) groups excluding carboxylic acids is 2. The molecule has 47 heavy (non-hydrogen) atoms. The van der Waals surface area contributed by atoms with Crippen LogP contribution in [0.2, 0.25) is 0 Å². The van der Waals surface area contributed by atoms with Crippen LogP contribution in [0.4, 0.5) is 0 Å². The summed E-state index contributed by atoms with van der Waals surface area (Å²) in [5, 5.41) is 0. The molecule has 0 bridgehead atoms. The molecule has 4 nitrogen and oxygen atoms in total. The quantitative estimate of drug-likeness (QED) is 0.0507. The predicted octanol–water partition coefficient (Wildman–Crippen LogP) is 13.5. The fourth-order valence-electron chi connectivity index (χ4n) is 6.76. The first-order chi connectivity index (χ1) is 23.1. The van der Waals surface area contributed by atoms with Crippen LogP contribution >= 0.6 is 0 Å². The molecule has 276 valence electrons. The van der Waals surface area contributed by atoms with E-state index in [0.29, 0.717) is 0 Å². The minimum absolute atomic E-state index is 0.332. The second-order valence-electron chi connectivity index (χ2n) is 14.6. The third kappa shape index (κ3) is 44.4. The fraction of sp³-hybridized carbons (Fsp3) is 0.860. The van der Waals surface area contributed by atoms with Crippen LogP contribution in [0.5, 0.6) is 0 Å². The molecule has 4 N–H and O–H groups in total. The van der Waals surface area contributed by atoms with Crippen molar-refractivity contribution < 1.29 is 9.59 Å². The number of hydrogen-bond acceptors (Lipinski definition) is 2. The summed E-state index contributed by atoms with van der Waals surface area (Å²) < 4.78 is 0. The summed E-state index contributed by atoms with van der Waals surface area (Å²) in [5.74, 6) is -0.663. The van der Waals surface area contributed by atoms with E-state index in [1.54, 1.807) is 0 Å². The highest BCUT2D eigenvalue weighted by Crippen LogP contribution is 2.17. The van der Waals surface area contributed by atoms with Crippen molar-refractivity contribution in [3.63, 3.8) is 0 Å². The van der Waals surface area contributed by atoms with Crippen molar-refractivity contribution in [1.29, 1.82) is 0 Å². The Morgan fingerprint density at radius 3 is 0.511 bits per heavy atom. The van der Waals surface area contributed by atoms with E-state index in [-0.39, 0.29) is 11.8 Å². The molecule has 0 atom stereocenters. The monoisotopic (exact) mass is 659 g/mol. The maximum Gasteiger partial charge on any atom is 0.241 e. The molecule has 0 aromatic carbocycles. The molecular formula is C43H82N2O2. The molecule has 0 aromatic rings. The SMILES string of the molecule is NC(=O)C=CCCCCCCCCCCCCCCCCCCCCCCCCCCCCCCCCCCCCCC=CC(N)=O. The third-order valence-corrected chi connectivity index (χ3v) is 9.81. The van der Waals surface area contributed by atoms with Gasteiger partial charge < -0.3 is 11.5 Å². The van der Waals surface area contributed by atoms with Crippen LogP contribution in [-0.4, -0.2) is 11.8 Å². The number of carbonyl (C=O) groups is 2. The highest BCUT2D eigenvalue weighted by Gasteiger charge is 1.98. The van der Waals surface area contributed by atoms with E-state index in [2.05, 4.69) is 0 Å². The molecule has 0 aliphatic rings. The Morgan fingerprint density at radius 2 is 0.383 bits per heavy atom. The maximum atomic E-state index is 10.6. The van der Waals surface area contributed by atoms with Gasteiger partial charge in [-0.2, -0.15) is 0 Å². The van der Waals surface area contributed by atoms with E-state index in [4.69, 9.17) is 11.5 Å². The molecule has 0 spiro atoms. The molecule has 0 heterocycles. The number of unbranched alkanes of at least 4 members (excludes halogenated alkanes) is 36. The Hall–Kier alpha value is -1.58. The van der Waals surface area contributed by atoms with Gasteiger partial charge in [0.25, 0.3) is 0 Å². The number of amides is 2. The predicted molar refractivity (Wildman–Crippen MR) is 207 cm³/mol. The molecule has 0 saturated carbocycles. The first kappa shape index (κ1) is 45.4. The molecule has 4 heteroatoms. The van der Waals surface area contributed by atoms with E-state index in [0.717, 1.165) is 12.8 Å². The number of hydrogen-bond donors (Lipinski definition) is 2. The topological polar surface area (TPSA) is 86.2 Å². The van der Waals surface area contributed by atoms with Crippen molar-refractivity contribution in [1.82, 2.24) is 0 Å². The van der Waals surface area contributed by atoms with Crippen LogP contribution in [0.1, 0.15) is 238 Å². The van der Waals surface area contributed by atoms with Crippen LogP contribution in [-0.2, 0) is 9.59 Å². The van der Waals surface area contributed by atoms with Crippen LogP contribution in [0.15, 0.2) is 24.3 Å². The van der Waals surface area contributed by atoms with Crippen LogP contribution in [0.25, 0.3) is 0 Å². The lowest BCUT2D eigenvalue weighted by atomic mass is 10.0. The number of primary amides is 2. The van der Waals surface area contributed by atoms with E-state index in [1.165, 1.54) is 237 Å². The van der Waals surface area contributed by atoms with Crippen molar-refractivity contribution in [2.24, 2.45) is 11.5 Å². The summed E-state index contributed by atoms with van der Waals surface area (Å²) in [6, 6.07) is 0. The van der Waals surface area contributed by atoms with Gasteiger partial charge >= 0.3 is 0 Å². The minimum Gasteiger partial charge on any atom is -0.366 e. The summed E-state index contributed by atoms with van der Waals surface area (Å²) in [6.07, 6.45) is 58.1. The first-order valence-corrected chi connectivity index (χ1v) is 21.0. The maximum absolute atomic E-state index is 10.6. The lowest BCUT2D eigenvalue weighted by Gasteiger charge is -2.05. The zero-order valence-corrected chi connectivity index (χ0v) is 31.4. The standard InChI is InChI=1S/C43H82N2O2/c44-42(46)40-38-36-34-32-30-28-26-24-22-20-18-16-14-12-10-8-6-4-2-1-3-5-7-9-11-13-15-17-19-21-23-25-27-29-31-33-35-37-39-41-43(45)47/h38-41H,1-37H2,(H2,44,46)(H2,45,47). The zero-order chi connectivity index (χ0) is 34.1. The number of rotatable bonds is 40. The fourth-order valence-corrected chi connectivity index (χ4v) is 6.76. The van der Waals surface area contributed by atoms with Crippen LogP contribution in [0, 0.1) is 0 Å². The molecule has 0 radical (unpaired) electrons. The Balaban J connectivity index is 3.08. The Morgan fingerprint density at radius 1 is 0.255 bits per heavy atom. The Kier molecular flexibility index (Phi) is 39.2. The van der Waals surface area contributed by atoms with E-state index in [9.17, 15) is 9.59 Å². The number of allylic oxidation sites excluding steroid dienone is 2. The van der Waals surface area contributed by atoms with Crippen molar-refractivity contribution >= 4 is 11.8 Å². The second kappa shape index (κ2) is 40.6. The minimum atomic E-state index is -0.332. The van der Waals surface area contributed by atoms with Gasteiger partial charge in [-0.25, -0.2) is 0 Å². The third-order valence-electron chi connectivity index (χ3n) is 9.81. The number of nitrogens with two attached hydrogens (primary N) is 2. The van der Waals surface area contributed by atoms with E-state index in [1.807, 2.05) is 12.2 Å². The average molecular weight is 659 g/mol. The van der Waals surface area contributed by atoms with Gasteiger partial charge in [-0.1, -0.05) is 224 Å². The van der Waals surface area contributed by atoms with Crippen LogP contribution in [0.3, 0.4) is 0 Å². The van der Waals surface area contributed by atoms with Crippen molar-refractivity contribution in [3.05, 3.63) is 24.3 Å². The average Bonchev–Trinajstić information content (AvgIpc) is 3.05. The van der Waals surface area contributed by atoms with Gasteiger partial charge in [0.2, 0.25) is 11.8 Å². The molecule has 0 aromatic heterocycles. The molecule has 0 aliphatic heterocycles. The van der Waals surface area contributed by atoms with Crippen molar-refractivity contribution in [2.75, 3.05) is 0 Å². The molecule has 0 rings (SSSR count). The summed E-state index contributed by atoms with van der Waals surface area (Å²) in [4.78, 5) is 21.3. The summed E-state index contributed by atoms with van der Waals surface area (Å²) in [7, 11) is 0. The van der Waals surface area contributed by atoms with Gasteiger partial charge in [-0.3, -0.25) is 9.59 Å². The lowest BCUT2D eigenvalue weighted by molar-refractivity contribution is -0.114. The lowest BCUT2D eigenvalue weighted by Crippen LogP contribution is -2.05. The molecular weight excluding hydrogens is 576 g/mol. The molecule has 2 amide bonds. The summed E-state index contributed by atoms with van der Waals surface area (Å²) in [5.41, 5.74) is 10.2. The largest absolute Gasteiger partial charge is 0.366 e. The molecule has 0 unspecified atom stereocenters. The van der Waals surface area contributed by atoms with Crippen LogP contribution < -0.4 is 11.5 Å². The normalized spacial score (nSPS) is 11.7. The summed E-state index contributed by atoms with van der Waals surface area (Å²) in [6.45, 7) is 0. The summed E-state index contributed by atoms with van der Waals surface area (Å²) >= 11 is 0. The van der Waals surface area contributed by atoms with Gasteiger partial charge in [0.05, 0.1) is 0 Å². The van der Waals surface area contributed by atoms with Gasteiger partial charge in [0.15, 0.2) is 0 Å². The van der Waals surface area contributed by atoms with Gasteiger partial charge in [0, 0.05) is 0 Å². The van der Waals surface area contributed by atoms with Gasteiger partial charge in [-0.05, 0) is 37.8 Å². The molecule has 0 fully saturated rings. The van der Waals surface area contributed by atoms with Gasteiger partial charge in [-0.15, -0.1) is 0 Å². The van der Waals surface area contributed by atoms with Crippen molar-refractivity contribution in [3.8, 4) is 0 Å². The highest BCUT2D eigenvalue weighted by atomic mass is 16.1. The Bertz CT molecular complexity index is 644. The molecule has 0 aliphatic carbocycles. The molecule has 0 saturated heterocycles. The van der Waals surface area contributed by atoms with E-state index < -0.39 is 0 Å².